The summed E-state index contributed by atoms with van der Waals surface area (Å²) in [6.07, 6.45) is 5.28. The summed E-state index contributed by atoms with van der Waals surface area (Å²) in [5.74, 6) is 1.14. The van der Waals surface area contributed by atoms with E-state index in [2.05, 4.69) is 0 Å². The van der Waals surface area contributed by atoms with Crippen LogP contribution in [0.1, 0.15) is 32.1 Å². The smallest absolute Gasteiger partial charge is 0.243 e. The van der Waals surface area contributed by atoms with Gasteiger partial charge in [0.05, 0.1) is 4.90 Å². The van der Waals surface area contributed by atoms with E-state index in [1.165, 1.54) is 6.42 Å². The molecule has 3 rings (SSSR count). The summed E-state index contributed by atoms with van der Waals surface area (Å²) in [4.78, 5) is 0.298. The lowest BCUT2D eigenvalue weighted by Gasteiger charge is -2.25. The Morgan fingerprint density at radius 3 is 2.19 bits per heavy atom. The van der Waals surface area contributed by atoms with Crippen molar-refractivity contribution >= 4 is 10.0 Å². The van der Waals surface area contributed by atoms with Crippen LogP contribution in [0.2, 0.25) is 0 Å². The molecule has 1 saturated heterocycles. The second-order valence-corrected chi connectivity index (χ2v) is 7.42. The molecule has 0 spiro atoms. The van der Waals surface area contributed by atoms with Gasteiger partial charge in [0.15, 0.2) is 11.5 Å². The average molecular weight is 311 g/mol. The summed E-state index contributed by atoms with van der Waals surface area (Å²) in [6.45, 7) is 2.18. The van der Waals surface area contributed by atoms with E-state index in [4.69, 9.17) is 9.47 Å². The maximum absolute atomic E-state index is 12.8. The van der Waals surface area contributed by atoms with Crippen LogP contribution >= 0.6 is 0 Å². The molecule has 1 aromatic carbocycles. The Morgan fingerprint density at radius 2 is 1.48 bits per heavy atom. The van der Waals surface area contributed by atoms with Crippen LogP contribution in [0.5, 0.6) is 11.5 Å². The van der Waals surface area contributed by atoms with E-state index in [0.29, 0.717) is 42.7 Å². The molecule has 0 unspecified atom stereocenters. The predicted octanol–water partition coefficient (Wildman–Crippen LogP) is 2.41. The Labute approximate surface area is 125 Å². The molecule has 1 fully saturated rings. The van der Waals surface area contributed by atoms with Crippen LogP contribution in [-0.2, 0) is 10.0 Å². The standard InChI is InChI=1S/C15H21NO4S/c17-21(18,16-8-4-2-1-3-5-9-16)13-6-7-14-15(12-13)20-11-10-19-14/h6-7,12H,1-5,8-11H2. The van der Waals surface area contributed by atoms with Crippen molar-refractivity contribution in [3.8, 4) is 11.5 Å². The van der Waals surface area contributed by atoms with Crippen LogP contribution in [0.4, 0.5) is 0 Å². The molecule has 0 atom stereocenters. The summed E-state index contributed by atoms with van der Waals surface area (Å²) < 4.78 is 38.1. The number of sulfonamides is 1. The van der Waals surface area contributed by atoms with Crippen molar-refractivity contribution in [1.29, 1.82) is 0 Å². The van der Waals surface area contributed by atoms with Crippen LogP contribution in [0, 0.1) is 0 Å². The number of nitrogens with zero attached hydrogens (tertiary/aromatic N) is 1. The van der Waals surface area contributed by atoms with Gasteiger partial charge in [-0.15, -0.1) is 0 Å². The first kappa shape index (κ1) is 14.7. The molecule has 0 saturated carbocycles. The molecule has 0 N–H and O–H groups in total. The highest BCUT2D eigenvalue weighted by atomic mass is 32.2. The van der Waals surface area contributed by atoms with Gasteiger partial charge in [0.2, 0.25) is 10.0 Å². The number of benzene rings is 1. The molecule has 2 aliphatic rings. The molecule has 2 heterocycles. The number of hydrogen-bond acceptors (Lipinski definition) is 4. The van der Waals surface area contributed by atoms with Crippen molar-refractivity contribution in [3.05, 3.63) is 18.2 Å². The fourth-order valence-electron chi connectivity index (χ4n) is 2.79. The van der Waals surface area contributed by atoms with Gasteiger partial charge in [-0.05, 0) is 25.0 Å². The molecule has 0 amide bonds. The highest BCUT2D eigenvalue weighted by Gasteiger charge is 2.26. The zero-order valence-corrected chi connectivity index (χ0v) is 12.9. The van der Waals surface area contributed by atoms with Gasteiger partial charge in [-0.25, -0.2) is 8.42 Å². The highest BCUT2D eigenvalue weighted by Crippen LogP contribution is 2.33. The van der Waals surface area contributed by atoms with E-state index >= 15 is 0 Å². The first-order valence-corrected chi connectivity index (χ1v) is 9.02. The summed E-state index contributed by atoms with van der Waals surface area (Å²) in [6, 6.07) is 4.88. The molecule has 1 aromatic rings. The summed E-state index contributed by atoms with van der Waals surface area (Å²) >= 11 is 0. The molecule has 2 aliphatic heterocycles. The number of fused-ring (bicyclic) bond motifs is 1. The molecule has 6 heteroatoms. The molecule has 5 nitrogen and oxygen atoms in total. The van der Waals surface area contributed by atoms with Crippen LogP contribution in [-0.4, -0.2) is 39.0 Å². The lowest BCUT2D eigenvalue weighted by Crippen LogP contribution is -2.34. The van der Waals surface area contributed by atoms with E-state index in [0.717, 1.165) is 25.7 Å². The zero-order valence-electron chi connectivity index (χ0n) is 12.1. The summed E-state index contributed by atoms with van der Waals surface area (Å²) in [7, 11) is -3.44. The van der Waals surface area contributed by atoms with Crippen molar-refractivity contribution in [2.75, 3.05) is 26.3 Å². The maximum atomic E-state index is 12.8. The molecular weight excluding hydrogens is 290 g/mol. The Morgan fingerprint density at radius 1 is 0.857 bits per heavy atom. The third-order valence-corrected chi connectivity index (χ3v) is 5.86. The number of ether oxygens (including phenoxy) is 2. The van der Waals surface area contributed by atoms with E-state index in [1.54, 1.807) is 22.5 Å². The van der Waals surface area contributed by atoms with Gasteiger partial charge in [-0.1, -0.05) is 19.3 Å². The van der Waals surface area contributed by atoms with Gasteiger partial charge in [0, 0.05) is 19.2 Å². The normalized spacial score (nSPS) is 20.6. The van der Waals surface area contributed by atoms with E-state index in [1.807, 2.05) is 0 Å². The third kappa shape index (κ3) is 3.16. The minimum atomic E-state index is -3.44. The Bertz CT molecular complexity index is 592. The predicted molar refractivity (Wildman–Crippen MR) is 79.3 cm³/mol. The van der Waals surface area contributed by atoms with Crippen molar-refractivity contribution in [2.24, 2.45) is 0 Å². The number of hydrogen-bond donors (Lipinski definition) is 0. The quantitative estimate of drug-likeness (QED) is 0.841. The van der Waals surface area contributed by atoms with E-state index < -0.39 is 10.0 Å². The minimum Gasteiger partial charge on any atom is -0.486 e. The van der Waals surface area contributed by atoms with Gasteiger partial charge < -0.3 is 9.47 Å². The Balaban J connectivity index is 1.86. The van der Waals surface area contributed by atoms with Crippen molar-refractivity contribution in [3.63, 3.8) is 0 Å². The third-order valence-electron chi connectivity index (χ3n) is 3.97. The zero-order chi connectivity index (χ0) is 14.7. The summed E-state index contributed by atoms with van der Waals surface area (Å²) in [5.41, 5.74) is 0. The van der Waals surface area contributed by atoms with Crippen LogP contribution in [0.25, 0.3) is 0 Å². The maximum Gasteiger partial charge on any atom is 0.243 e. The molecule has 116 valence electrons. The van der Waals surface area contributed by atoms with Crippen LogP contribution < -0.4 is 9.47 Å². The van der Waals surface area contributed by atoms with E-state index in [9.17, 15) is 8.42 Å². The van der Waals surface area contributed by atoms with Crippen molar-refractivity contribution < 1.29 is 17.9 Å². The first-order valence-electron chi connectivity index (χ1n) is 7.58. The molecule has 21 heavy (non-hydrogen) atoms. The molecule has 0 bridgehead atoms. The highest BCUT2D eigenvalue weighted by molar-refractivity contribution is 7.89. The molecule has 0 aliphatic carbocycles. The van der Waals surface area contributed by atoms with Gasteiger partial charge in [-0.3, -0.25) is 0 Å². The summed E-state index contributed by atoms with van der Waals surface area (Å²) in [5, 5.41) is 0. The lowest BCUT2D eigenvalue weighted by atomic mass is 10.1. The van der Waals surface area contributed by atoms with E-state index in [-0.39, 0.29) is 0 Å². The monoisotopic (exact) mass is 311 g/mol. The Kier molecular flexibility index (Phi) is 4.35. The fraction of sp³-hybridized carbons (Fsp3) is 0.600. The largest absolute Gasteiger partial charge is 0.486 e. The number of rotatable bonds is 2. The second-order valence-electron chi connectivity index (χ2n) is 5.48. The topological polar surface area (TPSA) is 55.8 Å². The van der Waals surface area contributed by atoms with Gasteiger partial charge in [0.25, 0.3) is 0 Å². The van der Waals surface area contributed by atoms with Gasteiger partial charge >= 0.3 is 0 Å². The lowest BCUT2D eigenvalue weighted by molar-refractivity contribution is 0.171. The Hall–Kier alpha value is -1.27. The minimum absolute atomic E-state index is 0.298. The first-order chi connectivity index (χ1) is 10.2. The van der Waals surface area contributed by atoms with Crippen molar-refractivity contribution in [2.45, 2.75) is 37.0 Å². The molecular formula is C15H21NO4S. The van der Waals surface area contributed by atoms with Crippen LogP contribution in [0.3, 0.4) is 0 Å². The molecule has 0 aromatic heterocycles. The molecule has 0 radical (unpaired) electrons. The fourth-order valence-corrected chi connectivity index (χ4v) is 4.33. The average Bonchev–Trinajstić information content (AvgIpc) is 2.46. The van der Waals surface area contributed by atoms with Crippen molar-refractivity contribution in [1.82, 2.24) is 4.31 Å². The van der Waals surface area contributed by atoms with Gasteiger partial charge in [-0.2, -0.15) is 4.31 Å². The van der Waals surface area contributed by atoms with Crippen LogP contribution in [0.15, 0.2) is 23.1 Å². The second kappa shape index (κ2) is 6.23. The SMILES string of the molecule is O=S(=O)(c1ccc2c(c1)OCCO2)N1CCCCCCC1. The van der Waals surface area contributed by atoms with Gasteiger partial charge in [0.1, 0.15) is 13.2 Å².